The lowest BCUT2D eigenvalue weighted by atomic mass is 10.1. The molecule has 0 saturated heterocycles. The van der Waals surface area contributed by atoms with Crippen molar-refractivity contribution in [2.24, 2.45) is 0 Å². The van der Waals surface area contributed by atoms with Gasteiger partial charge in [-0.2, -0.15) is 0 Å². The lowest BCUT2D eigenvalue weighted by molar-refractivity contribution is -0.116. The van der Waals surface area contributed by atoms with E-state index in [4.69, 9.17) is 4.74 Å². The molecule has 0 radical (unpaired) electrons. The van der Waals surface area contributed by atoms with Gasteiger partial charge in [0.25, 0.3) is 0 Å². The number of hydrogen-bond donors (Lipinski definition) is 1. The summed E-state index contributed by atoms with van der Waals surface area (Å²) < 4.78 is 34.0. The van der Waals surface area contributed by atoms with E-state index in [2.05, 4.69) is 4.72 Å². The van der Waals surface area contributed by atoms with Crippen LogP contribution >= 0.6 is 0 Å². The van der Waals surface area contributed by atoms with E-state index in [1.54, 1.807) is 30.2 Å². The quantitative estimate of drug-likeness (QED) is 0.729. The zero-order chi connectivity index (χ0) is 22.1. The molecular weight excluding hydrogens is 402 g/mol. The predicted octanol–water partition coefficient (Wildman–Crippen LogP) is 2.57. The first-order valence-electron chi connectivity index (χ1n) is 9.87. The van der Waals surface area contributed by atoms with Crippen molar-refractivity contribution in [1.29, 1.82) is 0 Å². The van der Waals surface area contributed by atoms with Gasteiger partial charge in [0.2, 0.25) is 15.9 Å². The molecule has 3 rings (SSSR count). The maximum Gasteiger partial charge on any atom is 0.240 e. The molecule has 7 nitrogen and oxygen atoms in total. The second-order valence-electron chi connectivity index (χ2n) is 7.84. The number of anilines is 1. The van der Waals surface area contributed by atoms with Crippen molar-refractivity contribution in [2.45, 2.75) is 37.2 Å². The first-order valence-corrected chi connectivity index (χ1v) is 11.3. The zero-order valence-corrected chi connectivity index (χ0v) is 18.9. The van der Waals surface area contributed by atoms with Crippen LogP contribution in [0.25, 0.3) is 0 Å². The van der Waals surface area contributed by atoms with Gasteiger partial charge in [-0.15, -0.1) is 0 Å². The van der Waals surface area contributed by atoms with Gasteiger partial charge in [-0.05, 0) is 68.9 Å². The molecule has 8 heteroatoms. The molecule has 1 aliphatic heterocycles. The Bertz CT molecular complexity index is 1040. The van der Waals surface area contributed by atoms with Crippen molar-refractivity contribution in [3.8, 4) is 5.75 Å². The van der Waals surface area contributed by atoms with Crippen LogP contribution < -0.4 is 14.4 Å². The molecule has 0 fully saturated rings. The molecule has 0 spiro atoms. The number of likely N-dealkylation sites (N-methyl/N-ethyl adjacent to an activating group) is 1. The maximum atomic E-state index is 13.0. The maximum absolute atomic E-state index is 13.0. The first-order chi connectivity index (χ1) is 14.1. The number of methoxy groups -OCH3 is 1. The van der Waals surface area contributed by atoms with E-state index in [9.17, 15) is 13.2 Å². The van der Waals surface area contributed by atoms with Gasteiger partial charge in [0.05, 0.1) is 12.0 Å². The summed E-state index contributed by atoms with van der Waals surface area (Å²) >= 11 is 0. The van der Waals surface area contributed by atoms with Gasteiger partial charge < -0.3 is 14.5 Å². The van der Waals surface area contributed by atoms with Crippen molar-refractivity contribution in [1.82, 2.24) is 9.62 Å². The molecule has 0 saturated carbocycles. The van der Waals surface area contributed by atoms with E-state index < -0.39 is 10.0 Å². The topological polar surface area (TPSA) is 79.0 Å². The summed E-state index contributed by atoms with van der Waals surface area (Å²) in [6.45, 7) is 3.71. The molecule has 0 aromatic heterocycles. The molecule has 2 aromatic rings. The van der Waals surface area contributed by atoms with Crippen LogP contribution in [0.1, 0.15) is 31.0 Å². The van der Waals surface area contributed by atoms with E-state index in [1.807, 2.05) is 50.2 Å². The van der Waals surface area contributed by atoms with Crippen molar-refractivity contribution in [2.75, 3.05) is 32.6 Å². The predicted molar refractivity (Wildman–Crippen MR) is 117 cm³/mol. The average Bonchev–Trinajstić information content (AvgIpc) is 3.03. The Hall–Kier alpha value is -2.42. The van der Waals surface area contributed by atoms with E-state index in [0.717, 1.165) is 22.6 Å². The fourth-order valence-electron chi connectivity index (χ4n) is 3.97. The number of carbonyl (C=O) groups is 1. The minimum atomic E-state index is -3.70. The first kappa shape index (κ1) is 22.3. The minimum absolute atomic E-state index is 0.0228. The molecule has 1 heterocycles. The number of hydrogen-bond acceptors (Lipinski definition) is 5. The van der Waals surface area contributed by atoms with Crippen LogP contribution in [0.4, 0.5) is 5.69 Å². The molecule has 2 aromatic carbocycles. The second kappa shape index (κ2) is 8.75. The number of nitrogens with one attached hydrogen (secondary N) is 1. The molecule has 1 aliphatic rings. The summed E-state index contributed by atoms with van der Waals surface area (Å²) in [6, 6.07) is 12.4. The van der Waals surface area contributed by atoms with Gasteiger partial charge in [0, 0.05) is 31.2 Å². The van der Waals surface area contributed by atoms with Crippen molar-refractivity contribution < 1.29 is 17.9 Å². The summed E-state index contributed by atoms with van der Waals surface area (Å²) in [5.74, 6) is 0.687. The highest BCUT2D eigenvalue weighted by molar-refractivity contribution is 7.89. The Morgan fingerprint density at radius 2 is 2.00 bits per heavy atom. The van der Waals surface area contributed by atoms with Gasteiger partial charge in [-0.25, -0.2) is 13.1 Å². The molecule has 1 N–H and O–H groups in total. The van der Waals surface area contributed by atoms with Crippen molar-refractivity contribution in [3.63, 3.8) is 0 Å². The number of ether oxygens (including phenoxy) is 1. The smallest absolute Gasteiger partial charge is 0.240 e. The van der Waals surface area contributed by atoms with Crippen LogP contribution in [0.5, 0.6) is 5.75 Å². The summed E-state index contributed by atoms with van der Waals surface area (Å²) in [4.78, 5) is 15.8. The molecule has 0 unspecified atom stereocenters. The Morgan fingerprint density at radius 1 is 1.27 bits per heavy atom. The standard InChI is InChI=1S/C22H29N3O4S/c1-15-11-18-13-20(9-10-21(18)25(15)16(2)26)30(27,28)23-14-22(24(3)4)17-7-6-8-19(12-17)29-5/h6-10,12-13,15,22-23H,11,14H2,1-5H3/t15-,22+/m0/s1. The average molecular weight is 432 g/mol. The van der Waals surface area contributed by atoms with Gasteiger partial charge in [-0.3, -0.25) is 4.79 Å². The Morgan fingerprint density at radius 3 is 2.63 bits per heavy atom. The number of fused-ring (bicyclic) bond motifs is 1. The Kier molecular flexibility index (Phi) is 6.50. The monoisotopic (exact) mass is 431 g/mol. The van der Waals surface area contributed by atoms with Crippen molar-refractivity contribution >= 4 is 21.6 Å². The van der Waals surface area contributed by atoms with Gasteiger partial charge >= 0.3 is 0 Å². The molecule has 1 amide bonds. The molecule has 2 atom stereocenters. The highest BCUT2D eigenvalue weighted by atomic mass is 32.2. The highest BCUT2D eigenvalue weighted by Gasteiger charge is 2.30. The summed E-state index contributed by atoms with van der Waals surface area (Å²) in [6.07, 6.45) is 0.641. The second-order valence-corrected chi connectivity index (χ2v) is 9.61. The summed E-state index contributed by atoms with van der Waals surface area (Å²) in [5, 5.41) is 0. The van der Waals surface area contributed by atoms with Gasteiger partial charge in [-0.1, -0.05) is 12.1 Å². The number of sulfonamides is 1. The van der Waals surface area contributed by atoms with E-state index in [0.29, 0.717) is 6.42 Å². The lowest BCUT2D eigenvalue weighted by Crippen LogP contribution is -2.34. The van der Waals surface area contributed by atoms with Crippen LogP contribution in [0.2, 0.25) is 0 Å². The number of rotatable bonds is 7. The molecular formula is C22H29N3O4S. The molecule has 0 aliphatic carbocycles. The number of benzene rings is 2. The largest absolute Gasteiger partial charge is 0.497 e. The van der Waals surface area contributed by atoms with E-state index in [1.165, 1.54) is 6.92 Å². The van der Waals surface area contributed by atoms with Crippen LogP contribution in [0, 0.1) is 0 Å². The third-order valence-electron chi connectivity index (χ3n) is 5.48. The van der Waals surface area contributed by atoms with Gasteiger partial charge in [0.15, 0.2) is 0 Å². The number of carbonyl (C=O) groups excluding carboxylic acids is 1. The van der Waals surface area contributed by atoms with Crippen LogP contribution in [0.15, 0.2) is 47.4 Å². The van der Waals surface area contributed by atoms with E-state index >= 15 is 0 Å². The van der Waals surface area contributed by atoms with Crippen LogP contribution in [-0.4, -0.2) is 53.0 Å². The fraction of sp³-hybridized carbons (Fsp3) is 0.409. The van der Waals surface area contributed by atoms with E-state index in [-0.39, 0.29) is 29.4 Å². The van der Waals surface area contributed by atoms with Crippen molar-refractivity contribution in [3.05, 3.63) is 53.6 Å². The minimum Gasteiger partial charge on any atom is -0.497 e. The molecule has 0 bridgehead atoms. The summed E-state index contributed by atoms with van der Waals surface area (Å²) in [7, 11) is 1.72. The fourth-order valence-corrected chi connectivity index (χ4v) is 5.06. The third kappa shape index (κ3) is 4.50. The van der Waals surface area contributed by atoms with Crippen LogP contribution in [-0.2, 0) is 21.2 Å². The SMILES string of the molecule is COc1cccc([C@@H](CNS(=O)(=O)c2ccc3c(c2)C[C@H](C)N3C(C)=O)N(C)C)c1. The van der Waals surface area contributed by atoms with Gasteiger partial charge in [0.1, 0.15) is 5.75 Å². The lowest BCUT2D eigenvalue weighted by Gasteiger charge is -2.25. The van der Waals surface area contributed by atoms with Crippen LogP contribution in [0.3, 0.4) is 0 Å². The number of amides is 1. The molecule has 30 heavy (non-hydrogen) atoms. The zero-order valence-electron chi connectivity index (χ0n) is 18.0. The third-order valence-corrected chi connectivity index (χ3v) is 6.91. The Labute approximate surface area is 178 Å². The highest BCUT2D eigenvalue weighted by Crippen LogP contribution is 2.34. The number of nitrogens with zero attached hydrogens (tertiary/aromatic N) is 2. The summed E-state index contributed by atoms with van der Waals surface area (Å²) in [5.41, 5.74) is 2.62. The molecule has 162 valence electrons. The Balaban J connectivity index is 1.81. The normalized spacial score (nSPS) is 17.1.